The Kier molecular flexibility index (Phi) is 3.87. The van der Waals surface area contributed by atoms with Crippen LogP contribution in [-0.4, -0.2) is 30.1 Å². The summed E-state index contributed by atoms with van der Waals surface area (Å²) in [5, 5.41) is 3.00. The molecule has 4 heteroatoms. The fourth-order valence-electron chi connectivity index (χ4n) is 2.24. The SMILES string of the molecule is CCc1ccc(C2CN(C(C)CN)C(=O)N2)cc1. The number of carbonyl (C=O) groups excluding carboxylic acids is 1. The van der Waals surface area contributed by atoms with Crippen molar-refractivity contribution in [3.8, 4) is 0 Å². The van der Waals surface area contributed by atoms with Gasteiger partial charge >= 0.3 is 6.03 Å². The van der Waals surface area contributed by atoms with E-state index >= 15 is 0 Å². The summed E-state index contributed by atoms with van der Waals surface area (Å²) in [5.41, 5.74) is 8.09. The van der Waals surface area contributed by atoms with Crippen molar-refractivity contribution in [3.05, 3.63) is 35.4 Å². The van der Waals surface area contributed by atoms with E-state index in [1.165, 1.54) is 5.56 Å². The Labute approximate surface area is 108 Å². The third-order valence-corrected chi connectivity index (χ3v) is 3.60. The molecule has 0 aromatic heterocycles. The van der Waals surface area contributed by atoms with Gasteiger partial charge in [0.25, 0.3) is 0 Å². The molecule has 0 aliphatic carbocycles. The summed E-state index contributed by atoms with van der Waals surface area (Å²) in [7, 11) is 0. The molecule has 3 N–H and O–H groups in total. The van der Waals surface area contributed by atoms with Gasteiger partial charge in [-0.25, -0.2) is 4.79 Å². The molecule has 4 nitrogen and oxygen atoms in total. The lowest BCUT2D eigenvalue weighted by Gasteiger charge is -2.21. The van der Waals surface area contributed by atoms with Crippen LogP contribution in [0.5, 0.6) is 0 Å². The summed E-state index contributed by atoms with van der Waals surface area (Å²) >= 11 is 0. The molecule has 2 rings (SSSR count). The second-order valence-electron chi connectivity index (χ2n) is 4.83. The summed E-state index contributed by atoms with van der Waals surface area (Å²) in [4.78, 5) is 13.6. The summed E-state index contributed by atoms with van der Waals surface area (Å²) in [6, 6.07) is 8.59. The van der Waals surface area contributed by atoms with Crippen molar-refractivity contribution < 1.29 is 4.79 Å². The molecule has 1 aromatic rings. The number of urea groups is 1. The number of amides is 2. The fourth-order valence-corrected chi connectivity index (χ4v) is 2.24. The van der Waals surface area contributed by atoms with E-state index in [4.69, 9.17) is 5.73 Å². The number of nitrogens with two attached hydrogens (primary N) is 1. The van der Waals surface area contributed by atoms with Gasteiger partial charge in [0.1, 0.15) is 0 Å². The summed E-state index contributed by atoms with van der Waals surface area (Å²) in [6.45, 7) is 5.30. The maximum Gasteiger partial charge on any atom is 0.318 e. The van der Waals surface area contributed by atoms with Gasteiger partial charge in [0, 0.05) is 19.1 Å². The molecule has 0 radical (unpaired) electrons. The predicted octanol–water partition coefficient (Wildman–Crippen LogP) is 1.66. The van der Waals surface area contributed by atoms with Crippen LogP contribution in [0.25, 0.3) is 0 Å². The monoisotopic (exact) mass is 247 g/mol. The molecule has 0 saturated carbocycles. The van der Waals surface area contributed by atoms with E-state index < -0.39 is 0 Å². The molecule has 1 aliphatic rings. The average molecular weight is 247 g/mol. The number of hydrogen-bond acceptors (Lipinski definition) is 2. The third kappa shape index (κ3) is 2.48. The average Bonchev–Trinajstić information content (AvgIpc) is 2.80. The molecule has 1 heterocycles. The largest absolute Gasteiger partial charge is 0.329 e. The molecule has 0 bridgehead atoms. The normalized spacial score (nSPS) is 20.9. The molecule has 98 valence electrons. The Morgan fingerprint density at radius 1 is 1.44 bits per heavy atom. The lowest BCUT2D eigenvalue weighted by atomic mass is 10.0. The van der Waals surface area contributed by atoms with E-state index in [0.29, 0.717) is 13.1 Å². The van der Waals surface area contributed by atoms with Gasteiger partial charge < -0.3 is 16.0 Å². The van der Waals surface area contributed by atoms with E-state index in [9.17, 15) is 4.79 Å². The zero-order valence-corrected chi connectivity index (χ0v) is 11.0. The van der Waals surface area contributed by atoms with Gasteiger partial charge in [0.05, 0.1) is 6.04 Å². The molecule has 18 heavy (non-hydrogen) atoms. The number of carbonyl (C=O) groups is 1. The highest BCUT2D eigenvalue weighted by Gasteiger charge is 2.32. The lowest BCUT2D eigenvalue weighted by molar-refractivity contribution is 0.203. The Bertz CT molecular complexity index is 416. The molecule has 2 unspecified atom stereocenters. The van der Waals surface area contributed by atoms with Crippen molar-refractivity contribution in [3.63, 3.8) is 0 Å². The standard InChI is InChI=1S/C14H21N3O/c1-3-11-4-6-12(7-5-11)13-9-17(10(2)8-15)14(18)16-13/h4-7,10,13H,3,8-9,15H2,1-2H3,(H,16,18). The molecule has 1 aliphatic heterocycles. The van der Waals surface area contributed by atoms with Gasteiger partial charge in [-0.05, 0) is 24.5 Å². The van der Waals surface area contributed by atoms with E-state index in [2.05, 4.69) is 36.5 Å². The first-order valence-electron chi connectivity index (χ1n) is 6.51. The van der Waals surface area contributed by atoms with Crippen LogP contribution in [0.3, 0.4) is 0 Å². The number of nitrogens with zero attached hydrogens (tertiary/aromatic N) is 1. The predicted molar refractivity (Wildman–Crippen MR) is 72.3 cm³/mol. The van der Waals surface area contributed by atoms with E-state index in [-0.39, 0.29) is 18.1 Å². The number of benzene rings is 1. The van der Waals surface area contributed by atoms with Crippen molar-refractivity contribution in [1.82, 2.24) is 10.2 Å². The smallest absolute Gasteiger partial charge is 0.318 e. The highest BCUT2D eigenvalue weighted by atomic mass is 16.2. The first-order chi connectivity index (χ1) is 8.65. The highest BCUT2D eigenvalue weighted by molar-refractivity contribution is 5.77. The minimum Gasteiger partial charge on any atom is -0.329 e. The molecule has 2 amide bonds. The van der Waals surface area contributed by atoms with Crippen LogP contribution >= 0.6 is 0 Å². The summed E-state index contributed by atoms with van der Waals surface area (Å²) in [6.07, 6.45) is 1.04. The van der Waals surface area contributed by atoms with Crippen molar-refractivity contribution in [1.29, 1.82) is 0 Å². The summed E-state index contributed by atoms with van der Waals surface area (Å²) < 4.78 is 0. The van der Waals surface area contributed by atoms with Gasteiger partial charge in [-0.3, -0.25) is 0 Å². The van der Waals surface area contributed by atoms with E-state index in [1.54, 1.807) is 4.90 Å². The van der Waals surface area contributed by atoms with Crippen LogP contribution in [0.1, 0.15) is 31.0 Å². The van der Waals surface area contributed by atoms with Gasteiger partial charge in [0.2, 0.25) is 0 Å². The van der Waals surface area contributed by atoms with Gasteiger partial charge in [-0.2, -0.15) is 0 Å². The second-order valence-corrected chi connectivity index (χ2v) is 4.83. The van der Waals surface area contributed by atoms with Gasteiger partial charge in [-0.1, -0.05) is 31.2 Å². The Balaban J connectivity index is 2.09. The molecule has 1 fully saturated rings. The first-order valence-corrected chi connectivity index (χ1v) is 6.51. The van der Waals surface area contributed by atoms with Crippen molar-refractivity contribution in [2.45, 2.75) is 32.4 Å². The third-order valence-electron chi connectivity index (χ3n) is 3.60. The van der Waals surface area contributed by atoms with Crippen LogP contribution in [0, 0.1) is 0 Å². The Morgan fingerprint density at radius 3 is 2.67 bits per heavy atom. The van der Waals surface area contributed by atoms with Crippen molar-refractivity contribution in [2.24, 2.45) is 5.73 Å². The maximum atomic E-state index is 11.8. The molecular formula is C14H21N3O. The van der Waals surface area contributed by atoms with E-state index in [0.717, 1.165) is 12.0 Å². The number of nitrogens with one attached hydrogen (secondary N) is 1. The van der Waals surface area contributed by atoms with Crippen LogP contribution in [0.15, 0.2) is 24.3 Å². The molecule has 1 aromatic carbocycles. The molecule has 2 atom stereocenters. The zero-order valence-electron chi connectivity index (χ0n) is 11.0. The van der Waals surface area contributed by atoms with Crippen LogP contribution < -0.4 is 11.1 Å². The molecule has 0 spiro atoms. The Morgan fingerprint density at radius 2 is 2.11 bits per heavy atom. The second kappa shape index (κ2) is 5.40. The molecular weight excluding hydrogens is 226 g/mol. The van der Waals surface area contributed by atoms with Crippen molar-refractivity contribution in [2.75, 3.05) is 13.1 Å². The van der Waals surface area contributed by atoms with Crippen LogP contribution in [0.4, 0.5) is 4.79 Å². The Hall–Kier alpha value is -1.55. The van der Waals surface area contributed by atoms with Gasteiger partial charge in [0.15, 0.2) is 0 Å². The van der Waals surface area contributed by atoms with Crippen LogP contribution in [-0.2, 0) is 6.42 Å². The number of hydrogen-bond donors (Lipinski definition) is 2. The lowest BCUT2D eigenvalue weighted by Crippen LogP contribution is -2.40. The number of aryl methyl sites for hydroxylation is 1. The van der Waals surface area contributed by atoms with Crippen LogP contribution in [0.2, 0.25) is 0 Å². The minimum absolute atomic E-state index is 0.0162. The van der Waals surface area contributed by atoms with Gasteiger partial charge in [-0.15, -0.1) is 0 Å². The highest BCUT2D eigenvalue weighted by Crippen LogP contribution is 2.22. The number of rotatable bonds is 4. The first kappa shape index (κ1) is 12.9. The van der Waals surface area contributed by atoms with E-state index in [1.807, 2.05) is 6.92 Å². The zero-order chi connectivity index (χ0) is 13.1. The fraction of sp³-hybridized carbons (Fsp3) is 0.500. The quantitative estimate of drug-likeness (QED) is 0.850. The van der Waals surface area contributed by atoms with Crippen molar-refractivity contribution >= 4 is 6.03 Å². The topological polar surface area (TPSA) is 58.4 Å². The summed E-state index contributed by atoms with van der Waals surface area (Å²) in [5.74, 6) is 0. The molecule has 1 saturated heterocycles. The minimum atomic E-state index is -0.0162. The maximum absolute atomic E-state index is 11.8.